The molecule has 3 heterocycles. The monoisotopic (exact) mass is 400 g/mol. The highest BCUT2D eigenvalue weighted by molar-refractivity contribution is 6.24. The maximum absolute atomic E-state index is 13.0. The van der Waals surface area contributed by atoms with Gasteiger partial charge in [0.15, 0.2) is 0 Å². The normalized spacial score (nSPS) is 26.1. The highest BCUT2D eigenvalue weighted by atomic mass is 16.5. The van der Waals surface area contributed by atoms with Crippen molar-refractivity contribution >= 4 is 23.6 Å². The van der Waals surface area contributed by atoms with Crippen molar-refractivity contribution in [3.63, 3.8) is 0 Å². The van der Waals surface area contributed by atoms with Crippen LogP contribution in [0.1, 0.15) is 53.0 Å². The molecule has 9 heteroatoms. The van der Waals surface area contributed by atoms with Crippen LogP contribution >= 0.6 is 0 Å². The van der Waals surface area contributed by atoms with E-state index in [4.69, 9.17) is 4.74 Å². The molecular formula is C20H24N4O5. The van der Waals surface area contributed by atoms with Gasteiger partial charge in [0.1, 0.15) is 11.8 Å². The first-order valence-electron chi connectivity index (χ1n) is 9.73. The van der Waals surface area contributed by atoms with Gasteiger partial charge >= 0.3 is 0 Å². The van der Waals surface area contributed by atoms with Gasteiger partial charge in [-0.05, 0) is 31.9 Å². The minimum Gasteiger partial charge on any atom is -0.360 e. The van der Waals surface area contributed by atoms with Crippen molar-refractivity contribution in [3.05, 3.63) is 34.9 Å². The van der Waals surface area contributed by atoms with Crippen molar-refractivity contribution in [3.8, 4) is 0 Å². The second-order valence-electron chi connectivity index (χ2n) is 8.08. The predicted molar refractivity (Wildman–Crippen MR) is 102 cm³/mol. The maximum Gasteiger partial charge on any atom is 0.262 e. The zero-order valence-corrected chi connectivity index (χ0v) is 16.4. The summed E-state index contributed by atoms with van der Waals surface area (Å²) in [5, 5.41) is 8.87. The summed E-state index contributed by atoms with van der Waals surface area (Å²) in [6.45, 7) is 5.57. The largest absolute Gasteiger partial charge is 0.360 e. The van der Waals surface area contributed by atoms with Crippen LogP contribution in [0.2, 0.25) is 0 Å². The first-order chi connectivity index (χ1) is 13.8. The van der Waals surface area contributed by atoms with E-state index in [1.54, 1.807) is 18.2 Å². The lowest BCUT2D eigenvalue weighted by Crippen LogP contribution is -2.54. The summed E-state index contributed by atoms with van der Waals surface area (Å²) in [7, 11) is 0. The van der Waals surface area contributed by atoms with E-state index >= 15 is 0 Å². The van der Waals surface area contributed by atoms with E-state index in [9.17, 15) is 19.2 Å². The van der Waals surface area contributed by atoms with Gasteiger partial charge in [-0.1, -0.05) is 12.1 Å². The van der Waals surface area contributed by atoms with Gasteiger partial charge in [0.05, 0.1) is 17.7 Å². The molecule has 4 rings (SSSR count). The number of hydrogen-bond donors (Lipinski definition) is 3. The maximum atomic E-state index is 13.0. The number of ether oxygens (including phenoxy) is 1. The van der Waals surface area contributed by atoms with E-state index in [1.165, 1.54) is 0 Å². The number of hydrogen-bond acceptors (Lipinski definition) is 7. The van der Waals surface area contributed by atoms with Crippen LogP contribution in [0.4, 0.5) is 0 Å². The summed E-state index contributed by atoms with van der Waals surface area (Å²) in [5.41, 5.74) is 0.965. The number of fused-ring (bicyclic) bond motifs is 1. The number of carbonyl (C=O) groups is 4. The summed E-state index contributed by atoms with van der Waals surface area (Å²) in [6.07, 6.45) is 0.248. The molecule has 0 radical (unpaired) electrons. The third-order valence-electron chi connectivity index (χ3n) is 5.46. The first kappa shape index (κ1) is 19.7. The van der Waals surface area contributed by atoms with Crippen LogP contribution in [-0.2, 0) is 20.9 Å². The fourth-order valence-corrected chi connectivity index (χ4v) is 4.11. The van der Waals surface area contributed by atoms with Crippen molar-refractivity contribution in [2.75, 3.05) is 13.2 Å². The third-order valence-corrected chi connectivity index (χ3v) is 5.46. The van der Waals surface area contributed by atoms with Crippen molar-refractivity contribution in [2.45, 2.75) is 51.0 Å². The lowest BCUT2D eigenvalue weighted by molar-refractivity contribution is -0.136. The average Bonchev–Trinajstić information content (AvgIpc) is 3.13. The Balaban J connectivity index is 1.48. The quantitative estimate of drug-likeness (QED) is 0.591. The summed E-state index contributed by atoms with van der Waals surface area (Å²) < 4.78 is 5.64. The number of nitrogens with zero attached hydrogens (tertiary/aromatic N) is 1. The van der Waals surface area contributed by atoms with Gasteiger partial charge in [-0.2, -0.15) is 0 Å². The molecule has 0 aliphatic carbocycles. The Morgan fingerprint density at radius 1 is 1.21 bits per heavy atom. The minimum absolute atomic E-state index is 0.102. The molecule has 0 aromatic heterocycles. The number of rotatable bonds is 5. The van der Waals surface area contributed by atoms with Crippen LogP contribution in [0.15, 0.2) is 18.2 Å². The summed E-state index contributed by atoms with van der Waals surface area (Å²) in [6, 6.07) is 4.32. The van der Waals surface area contributed by atoms with E-state index < -0.39 is 23.8 Å². The van der Waals surface area contributed by atoms with E-state index in [2.05, 4.69) is 16.0 Å². The van der Waals surface area contributed by atoms with E-state index in [0.717, 1.165) is 4.90 Å². The summed E-state index contributed by atoms with van der Waals surface area (Å²) in [5.74, 6) is -1.97. The molecule has 0 bridgehead atoms. The molecule has 29 heavy (non-hydrogen) atoms. The topological polar surface area (TPSA) is 117 Å². The average molecular weight is 400 g/mol. The Bertz CT molecular complexity index is 897. The first-order valence-corrected chi connectivity index (χ1v) is 9.73. The molecule has 9 nitrogen and oxygen atoms in total. The van der Waals surface area contributed by atoms with Crippen LogP contribution in [0.5, 0.6) is 0 Å². The van der Waals surface area contributed by atoms with Crippen LogP contribution in [0.25, 0.3) is 0 Å². The molecular weight excluding hydrogens is 376 g/mol. The fraction of sp³-hybridized carbons (Fsp3) is 0.500. The molecule has 0 spiro atoms. The van der Waals surface area contributed by atoms with Gasteiger partial charge in [-0.3, -0.25) is 34.7 Å². The van der Waals surface area contributed by atoms with Gasteiger partial charge in [0, 0.05) is 25.6 Å². The zero-order valence-electron chi connectivity index (χ0n) is 16.4. The molecule has 3 aliphatic rings. The van der Waals surface area contributed by atoms with Gasteiger partial charge in [0.25, 0.3) is 11.8 Å². The van der Waals surface area contributed by atoms with Crippen molar-refractivity contribution in [1.29, 1.82) is 0 Å². The minimum atomic E-state index is -0.956. The van der Waals surface area contributed by atoms with Gasteiger partial charge in [-0.15, -0.1) is 0 Å². The van der Waals surface area contributed by atoms with E-state index in [-0.39, 0.29) is 30.5 Å². The number of nitrogens with one attached hydrogen (secondary N) is 3. The van der Waals surface area contributed by atoms with E-state index in [1.807, 2.05) is 13.8 Å². The smallest absolute Gasteiger partial charge is 0.262 e. The third kappa shape index (κ3) is 3.68. The molecule has 0 saturated carbocycles. The molecule has 154 valence electrons. The zero-order chi connectivity index (χ0) is 20.8. The highest BCUT2D eigenvalue weighted by Gasteiger charge is 2.45. The number of piperidine rings is 1. The van der Waals surface area contributed by atoms with E-state index in [0.29, 0.717) is 36.4 Å². The molecule has 4 amide bonds. The molecule has 2 saturated heterocycles. The Hall–Kier alpha value is -2.62. The van der Waals surface area contributed by atoms with Crippen molar-refractivity contribution in [2.24, 2.45) is 0 Å². The summed E-state index contributed by atoms with van der Waals surface area (Å²) >= 11 is 0. The van der Waals surface area contributed by atoms with Gasteiger partial charge in [-0.25, -0.2) is 0 Å². The molecule has 1 aromatic carbocycles. The number of imide groups is 2. The fourth-order valence-electron chi connectivity index (χ4n) is 4.11. The molecule has 3 aliphatic heterocycles. The molecule has 1 aromatic rings. The molecule has 2 atom stereocenters. The molecule has 2 fully saturated rings. The Labute approximate surface area is 168 Å². The SMILES string of the molecule is CC1(C)N[C@H](CNCc2cccc3c2C(=O)N(C2CCC(=O)NC2=O)C3=O)CO1. The highest BCUT2D eigenvalue weighted by Crippen LogP contribution is 2.30. The van der Waals surface area contributed by atoms with Crippen LogP contribution < -0.4 is 16.0 Å². The predicted octanol–water partition coefficient (Wildman–Crippen LogP) is -0.0981. The number of benzene rings is 1. The number of amides is 4. The second kappa shape index (κ2) is 7.33. The van der Waals surface area contributed by atoms with Crippen LogP contribution in [-0.4, -0.2) is 59.5 Å². The second-order valence-corrected chi connectivity index (χ2v) is 8.08. The van der Waals surface area contributed by atoms with Crippen LogP contribution in [0, 0.1) is 0 Å². The summed E-state index contributed by atoms with van der Waals surface area (Å²) in [4.78, 5) is 50.4. The van der Waals surface area contributed by atoms with Gasteiger partial charge < -0.3 is 10.1 Å². The Morgan fingerprint density at radius 3 is 2.69 bits per heavy atom. The number of carbonyl (C=O) groups excluding carboxylic acids is 4. The van der Waals surface area contributed by atoms with Gasteiger partial charge in [0.2, 0.25) is 11.8 Å². The Morgan fingerprint density at radius 2 is 2.00 bits per heavy atom. The molecule has 3 N–H and O–H groups in total. The standard InChI is InChI=1S/C20H24N4O5/c1-20(2)23-12(10-29-20)9-21-8-11-4-3-5-13-16(11)19(28)24(18(13)27)14-6-7-15(25)22-17(14)26/h3-5,12,14,21,23H,6-10H2,1-2H3,(H,22,25,26)/t12-,14?/m1/s1. The van der Waals surface area contributed by atoms with Crippen molar-refractivity contribution in [1.82, 2.24) is 20.9 Å². The van der Waals surface area contributed by atoms with Crippen molar-refractivity contribution < 1.29 is 23.9 Å². The van der Waals surface area contributed by atoms with Crippen LogP contribution in [0.3, 0.4) is 0 Å². The molecule has 1 unspecified atom stereocenters. The Kier molecular flexibility index (Phi) is 4.97. The lowest BCUT2D eigenvalue weighted by Gasteiger charge is -2.27. The lowest BCUT2D eigenvalue weighted by atomic mass is 10.0.